The minimum absolute atomic E-state index is 0.0275. The largest absolute Gasteiger partial charge is 0.480 e. The van der Waals surface area contributed by atoms with Gasteiger partial charge in [0.2, 0.25) is 0 Å². The fraction of sp³-hybridized carbons (Fsp3) is 0.174. The summed E-state index contributed by atoms with van der Waals surface area (Å²) in [5, 5.41) is 13.1. The Labute approximate surface area is 164 Å². The van der Waals surface area contributed by atoms with E-state index in [-0.39, 0.29) is 6.54 Å². The fourth-order valence-electron chi connectivity index (χ4n) is 3.03. The third-order valence-corrected chi connectivity index (χ3v) is 5.07. The zero-order chi connectivity index (χ0) is 19.2. The van der Waals surface area contributed by atoms with Crippen molar-refractivity contribution in [3.63, 3.8) is 0 Å². The molecule has 0 saturated heterocycles. The Morgan fingerprint density at radius 3 is 2.48 bits per heavy atom. The first-order valence-corrected chi connectivity index (χ1v) is 9.78. The van der Waals surface area contributed by atoms with Crippen molar-refractivity contribution in [2.75, 3.05) is 20.1 Å². The molecule has 3 rings (SSSR count). The molecule has 0 atom stereocenters. The molecular weight excluding hydrogens is 354 g/mol. The fourth-order valence-corrected chi connectivity index (χ4v) is 3.69. The highest BCUT2D eigenvalue weighted by Crippen LogP contribution is 2.28. The molecule has 0 aliphatic rings. The molecule has 0 aliphatic carbocycles. The van der Waals surface area contributed by atoms with E-state index in [4.69, 9.17) is 5.11 Å². The molecule has 1 heterocycles. The van der Waals surface area contributed by atoms with Gasteiger partial charge in [-0.3, -0.25) is 9.69 Å². The lowest BCUT2D eigenvalue weighted by Gasteiger charge is -2.13. The van der Waals surface area contributed by atoms with Crippen molar-refractivity contribution in [3.8, 4) is 11.1 Å². The molecule has 27 heavy (non-hydrogen) atoms. The van der Waals surface area contributed by atoms with Gasteiger partial charge in [0, 0.05) is 6.54 Å². The Morgan fingerprint density at radius 2 is 1.85 bits per heavy atom. The van der Waals surface area contributed by atoms with Crippen LogP contribution in [0.2, 0.25) is 0 Å². The van der Waals surface area contributed by atoms with Gasteiger partial charge >= 0.3 is 5.97 Å². The van der Waals surface area contributed by atoms with Gasteiger partial charge in [-0.25, -0.2) is 0 Å². The van der Waals surface area contributed by atoms with Gasteiger partial charge in [0.1, 0.15) is 0 Å². The highest BCUT2D eigenvalue weighted by Gasteiger charge is 2.08. The van der Waals surface area contributed by atoms with Crippen molar-refractivity contribution < 1.29 is 9.90 Å². The third-order valence-electron chi connectivity index (χ3n) is 4.39. The van der Waals surface area contributed by atoms with Crippen LogP contribution in [-0.4, -0.2) is 36.1 Å². The Balaban J connectivity index is 1.87. The second-order valence-electron chi connectivity index (χ2n) is 6.67. The molecule has 2 aromatic carbocycles. The first kappa shape index (κ1) is 19.1. The van der Waals surface area contributed by atoms with E-state index in [9.17, 15) is 4.79 Å². The molecule has 138 valence electrons. The van der Waals surface area contributed by atoms with Gasteiger partial charge in [0.15, 0.2) is 0 Å². The van der Waals surface area contributed by atoms with Crippen molar-refractivity contribution >= 4 is 22.9 Å². The maximum Gasteiger partial charge on any atom is 0.317 e. The van der Waals surface area contributed by atoms with Gasteiger partial charge in [0.05, 0.1) is 6.54 Å². The molecule has 3 aromatic rings. The number of rotatable bonds is 7. The summed E-state index contributed by atoms with van der Waals surface area (Å²) in [6.07, 6.45) is 2.10. The maximum atomic E-state index is 10.9. The van der Waals surface area contributed by atoms with Gasteiger partial charge in [-0.2, -0.15) is 11.3 Å². The van der Waals surface area contributed by atoms with Crippen molar-refractivity contribution in [1.29, 1.82) is 0 Å². The second-order valence-corrected chi connectivity index (χ2v) is 7.45. The summed E-state index contributed by atoms with van der Waals surface area (Å²) < 4.78 is 0. The highest BCUT2D eigenvalue weighted by atomic mass is 32.1. The molecule has 0 radical (unpaired) electrons. The summed E-state index contributed by atoms with van der Waals surface area (Å²) in [4.78, 5) is 12.7. The van der Waals surface area contributed by atoms with Gasteiger partial charge in [-0.15, -0.1) is 0 Å². The van der Waals surface area contributed by atoms with Crippen LogP contribution in [-0.2, 0) is 4.79 Å². The number of aryl methyl sites for hydroxylation is 1. The van der Waals surface area contributed by atoms with Crippen LogP contribution in [0.3, 0.4) is 0 Å². The number of carboxylic acids is 1. The number of nitrogens with zero attached hydrogens (tertiary/aromatic N) is 1. The zero-order valence-electron chi connectivity index (χ0n) is 15.6. The summed E-state index contributed by atoms with van der Waals surface area (Å²) in [6, 6.07) is 19.1. The van der Waals surface area contributed by atoms with Crippen molar-refractivity contribution in [3.05, 3.63) is 88.1 Å². The second kappa shape index (κ2) is 8.80. The third kappa shape index (κ3) is 5.16. The number of hydrogen-bond acceptors (Lipinski definition) is 3. The Bertz CT molecular complexity index is 927. The molecular formula is C23H23NO2S. The van der Waals surface area contributed by atoms with E-state index in [1.807, 2.05) is 7.05 Å². The molecule has 0 spiro atoms. The first-order chi connectivity index (χ1) is 13.0. The molecule has 0 saturated carbocycles. The number of thiophene rings is 1. The standard InChI is InChI=1S/C23H23NO2S/c1-17-4-3-5-20(14-17)18-6-8-19(9-7-18)22(21-11-13-27-16-21)10-12-24(2)15-23(25)26/h3-11,13-14,16H,12,15H2,1-2H3,(H,25,26)/b22-10-. The average Bonchev–Trinajstić information content (AvgIpc) is 3.16. The molecule has 1 N–H and O–H groups in total. The molecule has 3 nitrogen and oxygen atoms in total. The zero-order valence-corrected chi connectivity index (χ0v) is 16.4. The quantitative estimate of drug-likeness (QED) is 0.617. The summed E-state index contributed by atoms with van der Waals surface area (Å²) in [5.41, 5.74) is 7.07. The van der Waals surface area contributed by atoms with E-state index in [2.05, 4.69) is 78.4 Å². The van der Waals surface area contributed by atoms with E-state index in [0.717, 1.165) is 16.7 Å². The van der Waals surface area contributed by atoms with E-state index in [1.54, 1.807) is 16.2 Å². The van der Waals surface area contributed by atoms with E-state index < -0.39 is 5.97 Å². The number of carboxylic acid groups (broad SMARTS) is 1. The lowest BCUT2D eigenvalue weighted by atomic mass is 9.96. The normalized spacial score (nSPS) is 11.7. The van der Waals surface area contributed by atoms with Crippen LogP contribution >= 0.6 is 11.3 Å². The lowest BCUT2D eigenvalue weighted by molar-refractivity contribution is -0.137. The van der Waals surface area contributed by atoms with Crippen LogP contribution < -0.4 is 0 Å². The van der Waals surface area contributed by atoms with Crippen LogP contribution in [0.1, 0.15) is 16.7 Å². The Morgan fingerprint density at radius 1 is 1.07 bits per heavy atom. The van der Waals surface area contributed by atoms with Gasteiger partial charge in [-0.05, 0) is 58.6 Å². The smallest absolute Gasteiger partial charge is 0.317 e. The SMILES string of the molecule is Cc1cccc(-c2ccc(/C(=C/CN(C)CC(=O)O)c3ccsc3)cc2)c1. The highest BCUT2D eigenvalue weighted by molar-refractivity contribution is 7.08. The van der Waals surface area contributed by atoms with Crippen molar-refractivity contribution in [2.24, 2.45) is 0 Å². The molecule has 0 bridgehead atoms. The predicted molar refractivity (Wildman–Crippen MR) is 113 cm³/mol. The van der Waals surface area contributed by atoms with Crippen LogP contribution in [0.25, 0.3) is 16.7 Å². The summed E-state index contributed by atoms with van der Waals surface area (Å²) >= 11 is 1.66. The number of hydrogen-bond donors (Lipinski definition) is 1. The van der Waals surface area contributed by atoms with Crippen LogP contribution in [0.15, 0.2) is 71.4 Å². The minimum Gasteiger partial charge on any atom is -0.480 e. The van der Waals surface area contributed by atoms with Crippen LogP contribution in [0, 0.1) is 6.92 Å². The van der Waals surface area contributed by atoms with E-state index >= 15 is 0 Å². The van der Waals surface area contributed by atoms with E-state index in [1.165, 1.54) is 16.7 Å². The first-order valence-electron chi connectivity index (χ1n) is 8.83. The summed E-state index contributed by atoms with van der Waals surface area (Å²) in [7, 11) is 1.82. The summed E-state index contributed by atoms with van der Waals surface area (Å²) in [6.45, 7) is 2.71. The number of benzene rings is 2. The average molecular weight is 378 g/mol. The predicted octanol–water partition coefficient (Wildman–Crippen LogP) is 5.17. The van der Waals surface area contributed by atoms with E-state index in [0.29, 0.717) is 6.54 Å². The molecule has 4 heteroatoms. The van der Waals surface area contributed by atoms with Gasteiger partial charge in [0.25, 0.3) is 0 Å². The maximum absolute atomic E-state index is 10.9. The summed E-state index contributed by atoms with van der Waals surface area (Å²) in [5.74, 6) is -0.814. The molecule has 0 unspecified atom stereocenters. The van der Waals surface area contributed by atoms with Crippen molar-refractivity contribution in [1.82, 2.24) is 4.90 Å². The molecule has 0 amide bonds. The Kier molecular flexibility index (Phi) is 6.22. The molecule has 0 fully saturated rings. The van der Waals surface area contributed by atoms with Gasteiger partial charge < -0.3 is 5.11 Å². The minimum atomic E-state index is -0.814. The van der Waals surface area contributed by atoms with Crippen LogP contribution in [0.4, 0.5) is 0 Å². The topological polar surface area (TPSA) is 40.5 Å². The van der Waals surface area contributed by atoms with Gasteiger partial charge in [-0.1, -0.05) is 60.2 Å². The van der Waals surface area contributed by atoms with Crippen LogP contribution in [0.5, 0.6) is 0 Å². The lowest BCUT2D eigenvalue weighted by Crippen LogP contribution is -2.25. The Hall–Kier alpha value is -2.69. The number of likely N-dealkylation sites (N-methyl/N-ethyl adjacent to an activating group) is 1. The molecule has 0 aliphatic heterocycles. The molecule has 1 aromatic heterocycles. The number of aliphatic carboxylic acids is 1. The van der Waals surface area contributed by atoms with Crippen molar-refractivity contribution in [2.45, 2.75) is 6.92 Å². The monoisotopic (exact) mass is 377 g/mol. The number of carbonyl (C=O) groups is 1.